The van der Waals surface area contributed by atoms with Crippen LogP contribution in [0.2, 0.25) is 0 Å². The summed E-state index contributed by atoms with van der Waals surface area (Å²) in [6.45, 7) is 0. The second-order valence-corrected chi connectivity index (χ2v) is 3.47. The van der Waals surface area contributed by atoms with Crippen LogP contribution in [-0.2, 0) is 0 Å². The fourth-order valence-electron chi connectivity index (χ4n) is 1.89. The molecule has 0 saturated heterocycles. The van der Waals surface area contributed by atoms with Crippen LogP contribution in [0.5, 0.6) is 0 Å². The third-order valence-electron chi connectivity index (χ3n) is 2.41. The van der Waals surface area contributed by atoms with Gasteiger partial charge in [-0.05, 0) is 24.3 Å². The van der Waals surface area contributed by atoms with Crippen molar-refractivity contribution in [3.63, 3.8) is 0 Å². The molecule has 2 atom stereocenters. The molecule has 1 fully saturated rings. The topological polar surface area (TPSA) is 26.0 Å². The second-order valence-electron chi connectivity index (χ2n) is 3.06. The van der Waals surface area contributed by atoms with Gasteiger partial charge in [0.25, 0.3) is 0 Å². The van der Waals surface area contributed by atoms with Gasteiger partial charge in [0.05, 0.1) is 5.16 Å². The van der Waals surface area contributed by atoms with Crippen molar-refractivity contribution < 1.29 is 0 Å². The van der Waals surface area contributed by atoms with Gasteiger partial charge in [-0.3, -0.25) is 0 Å². The Kier molecular flexibility index (Phi) is 1.27. The lowest BCUT2D eigenvalue weighted by atomic mass is 10.0. The Bertz CT molecular complexity index is 213. The molecule has 2 rings (SSSR count). The zero-order valence-corrected chi connectivity index (χ0v) is 6.43. The van der Waals surface area contributed by atoms with Gasteiger partial charge in [0.15, 0.2) is 0 Å². The number of hydrogen-bond donors (Lipinski definition) is 1. The lowest BCUT2D eigenvalue weighted by Gasteiger charge is -2.07. The Morgan fingerprint density at radius 3 is 2.70 bits per heavy atom. The molecule has 2 bridgehead atoms. The fourth-order valence-corrected chi connectivity index (χ4v) is 2.11. The van der Waals surface area contributed by atoms with Crippen molar-refractivity contribution >= 4 is 11.6 Å². The van der Waals surface area contributed by atoms with Crippen molar-refractivity contribution in [2.24, 2.45) is 17.6 Å². The molecule has 2 heteroatoms. The summed E-state index contributed by atoms with van der Waals surface area (Å²) in [6, 6.07) is 0. The van der Waals surface area contributed by atoms with Gasteiger partial charge in [-0.15, -0.1) is 0 Å². The lowest BCUT2D eigenvalue weighted by Crippen LogP contribution is -2.00. The predicted octanol–water partition coefficient (Wildman–Crippen LogP) is 1.99. The monoisotopic (exact) mass is 155 g/mol. The van der Waals surface area contributed by atoms with Crippen LogP contribution < -0.4 is 5.73 Å². The number of nitrogens with two attached hydrogens (primary N) is 1. The average molecular weight is 156 g/mol. The third-order valence-corrected chi connectivity index (χ3v) is 2.65. The van der Waals surface area contributed by atoms with E-state index < -0.39 is 0 Å². The molecular weight excluding hydrogens is 146 g/mol. The van der Waals surface area contributed by atoms with E-state index in [-0.39, 0.29) is 0 Å². The van der Waals surface area contributed by atoms with Crippen molar-refractivity contribution in [3.05, 3.63) is 22.9 Å². The maximum atomic E-state index is 5.70. The number of hydrogen-bond acceptors (Lipinski definition) is 1. The van der Waals surface area contributed by atoms with Gasteiger partial charge in [-0.2, -0.15) is 0 Å². The van der Waals surface area contributed by atoms with Crippen LogP contribution in [0.4, 0.5) is 0 Å². The van der Waals surface area contributed by atoms with Crippen LogP contribution in [-0.4, -0.2) is 0 Å². The second kappa shape index (κ2) is 2.03. The molecule has 0 aromatic heterocycles. The summed E-state index contributed by atoms with van der Waals surface area (Å²) >= 11 is 5.70. The maximum absolute atomic E-state index is 5.70. The molecule has 0 aromatic carbocycles. The fraction of sp³-hybridized carbons (Fsp3) is 0.500. The van der Waals surface area contributed by atoms with Crippen LogP contribution in [0.15, 0.2) is 22.9 Å². The molecule has 0 aromatic rings. The summed E-state index contributed by atoms with van der Waals surface area (Å²) in [5.74, 6) is 1.31. The zero-order valence-electron chi connectivity index (χ0n) is 5.68. The maximum Gasteiger partial charge on any atom is 0.0989 e. The smallest absolute Gasteiger partial charge is 0.0989 e. The molecule has 2 N–H and O–H groups in total. The molecule has 10 heavy (non-hydrogen) atoms. The third kappa shape index (κ3) is 0.772. The Hall–Kier alpha value is -0.430. The predicted molar refractivity (Wildman–Crippen MR) is 42.4 cm³/mol. The van der Waals surface area contributed by atoms with E-state index in [4.69, 9.17) is 17.3 Å². The number of halogens is 1. The van der Waals surface area contributed by atoms with E-state index >= 15 is 0 Å². The summed E-state index contributed by atoms with van der Waals surface area (Å²) in [6.07, 6.45) is 6.83. The minimum Gasteiger partial charge on any atom is -0.389 e. The van der Waals surface area contributed by atoms with Gasteiger partial charge in [0, 0.05) is 5.92 Å². The van der Waals surface area contributed by atoms with Crippen LogP contribution in [0, 0.1) is 11.8 Å². The summed E-state index contributed by atoms with van der Waals surface area (Å²) in [4.78, 5) is 0. The van der Waals surface area contributed by atoms with Gasteiger partial charge in [0.1, 0.15) is 0 Å². The molecule has 1 saturated carbocycles. The Morgan fingerprint density at radius 2 is 2.40 bits per heavy atom. The first-order valence-corrected chi connectivity index (χ1v) is 3.97. The molecule has 2 unspecified atom stereocenters. The van der Waals surface area contributed by atoms with Crippen molar-refractivity contribution in [1.82, 2.24) is 0 Å². The highest BCUT2D eigenvalue weighted by Crippen LogP contribution is 2.44. The summed E-state index contributed by atoms with van der Waals surface area (Å²) in [5.41, 5.74) is 6.75. The molecule has 0 amide bonds. The van der Waals surface area contributed by atoms with E-state index in [0.29, 0.717) is 11.1 Å². The standard InChI is InChI=1S/C8H10ClN/c9-8(10)7-4-5-1-2-6(7)3-5/h1-2,5-6H,3-4,10H2. The summed E-state index contributed by atoms with van der Waals surface area (Å²) in [5, 5.41) is 0.525. The Labute approximate surface area is 65.5 Å². The normalized spacial score (nSPS) is 40.9. The zero-order chi connectivity index (χ0) is 7.14. The largest absolute Gasteiger partial charge is 0.389 e. The van der Waals surface area contributed by atoms with Crippen LogP contribution in [0.1, 0.15) is 12.8 Å². The van der Waals surface area contributed by atoms with Crippen LogP contribution in [0.3, 0.4) is 0 Å². The van der Waals surface area contributed by atoms with Crippen LogP contribution >= 0.6 is 11.6 Å². The highest BCUT2D eigenvalue weighted by molar-refractivity contribution is 6.29. The number of allylic oxidation sites excluding steroid dienone is 3. The first kappa shape index (κ1) is 6.29. The number of fused-ring (bicyclic) bond motifs is 2. The molecular formula is C8H10ClN. The first-order valence-electron chi connectivity index (χ1n) is 3.59. The molecule has 2 aliphatic carbocycles. The van der Waals surface area contributed by atoms with Crippen molar-refractivity contribution in [1.29, 1.82) is 0 Å². The molecule has 0 aliphatic heterocycles. The molecule has 0 heterocycles. The molecule has 0 radical (unpaired) electrons. The van der Waals surface area contributed by atoms with Gasteiger partial charge >= 0.3 is 0 Å². The van der Waals surface area contributed by atoms with E-state index in [1.165, 1.54) is 12.0 Å². The highest BCUT2D eigenvalue weighted by Gasteiger charge is 2.31. The van der Waals surface area contributed by atoms with Crippen LogP contribution in [0.25, 0.3) is 0 Å². The van der Waals surface area contributed by atoms with Gasteiger partial charge in [-0.25, -0.2) is 0 Å². The van der Waals surface area contributed by atoms with Crippen molar-refractivity contribution in [2.75, 3.05) is 0 Å². The van der Waals surface area contributed by atoms with Crippen molar-refractivity contribution in [3.8, 4) is 0 Å². The average Bonchev–Trinajstić information content (AvgIpc) is 2.44. The summed E-state index contributed by atoms with van der Waals surface area (Å²) in [7, 11) is 0. The van der Waals surface area contributed by atoms with Crippen molar-refractivity contribution in [2.45, 2.75) is 12.8 Å². The van der Waals surface area contributed by atoms with E-state index in [1.807, 2.05) is 0 Å². The van der Waals surface area contributed by atoms with E-state index in [9.17, 15) is 0 Å². The van der Waals surface area contributed by atoms with Gasteiger partial charge < -0.3 is 5.73 Å². The summed E-state index contributed by atoms with van der Waals surface area (Å²) < 4.78 is 0. The Morgan fingerprint density at radius 1 is 1.60 bits per heavy atom. The van der Waals surface area contributed by atoms with Gasteiger partial charge in [0.2, 0.25) is 0 Å². The molecule has 54 valence electrons. The highest BCUT2D eigenvalue weighted by atomic mass is 35.5. The minimum absolute atomic E-state index is 0.525. The van der Waals surface area contributed by atoms with Gasteiger partial charge in [-0.1, -0.05) is 23.8 Å². The lowest BCUT2D eigenvalue weighted by molar-refractivity contribution is 0.693. The molecule has 0 spiro atoms. The number of rotatable bonds is 0. The Balaban J connectivity index is 2.32. The molecule has 1 nitrogen and oxygen atoms in total. The molecule has 2 aliphatic rings. The first-order chi connectivity index (χ1) is 4.77. The minimum atomic E-state index is 0.525. The SMILES string of the molecule is NC(Cl)=C1CC2C=CC1C2. The van der Waals surface area contributed by atoms with E-state index in [0.717, 1.165) is 12.3 Å². The van der Waals surface area contributed by atoms with E-state index in [1.54, 1.807) is 0 Å². The van der Waals surface area contributed by atoms with E-state index in [2.05, 4.69) is 12.2 Å². The quantitative estimate of drug-likeness (QED) is 0.420.